The largest absolute Gasteiger partial charge is 0.497 e. The normalized spacial score (nSPS) is 10.4. The lowest BCUT2D eigenvalue weighted by atomic mass is 10.1. The van der Waals surface area contributed by atoms with E-state index in [2.05, 4.69) is 15.5 Å². The van der Waals surface area contributed by atoms with Gasteiger partial charge < -0.3 is 4.74 Å². The zero-order valence-electron chi connectivity index (χ0n) is 12.8. The molecule has 1 amide bonds. The Morgan fingerprint density at radius 1 is 1.21 bits per heavy atom. The molecule has 0 saturated carbocycles. The second kappa shape index (κ2) is 7.42. The lowest BCUT2D eigenvalue weighted by Gasteiger charge is -2.02. The summed E-state index contributed by atoms with van der Waals surface area (Å²) in [6, 6.07) is 14.4. The van der Waals surface area contributed by atoms with Crippen molar-refractivity contribution in [2.45, 2.75) is 6.42 Å². The maximum absolute atomic E-state index is 12.1. The standard InChI is InChI=1S/C17H14ClN3O2S/c1-23-14-4-2-3-11(9-14)10-15-20-21-17(24-15)19-16(22)12-5-7-13(18)8-6-12/h2-9H,10H2,1H3,(H,19,21,22). The first-order valence-corrected chi connectivity index (χ1v) is 8.36. The fourth-order valence-corrected chi connectivity index (χ4v) is 3.00. The summed E-state index contributed by atoms with van der Waals surface area (Å²) in [5, 5.41) is 12.7. The molecule has 24 heavy (non-hydrogen) atoms. The Hall–Kier alpha value is -2.44. The van der Waals surface area contributed by atoms with E-state index in [4.69, 9.17) is 16.3 Å². The number of halogens is 1. The Labute approximate surface area is 148 Å². The smallest absolute Gasteiger partial charge is 0.257 e. The highest BCUT2D eigenvalue weighted by molar-refractivity contribution is 7.15. The SMILES string of the molecule is COc1cccc(Cc2nnc(NC(=O)c3ccc(Cl)cc3)s2)c1. The fourth-order valence-electron chi connectivity index (χ4n) is 2.10. The van der Waals surface area contributed by atoms with E-state index in [1.54, 1.807) is 31.4 Å². The van der Waals surface area contributed by atoms with E-state index in [-0.39, 0.29) is 5.91 Å². The van der Waals surface area contributed by atoms with E-state index in [1.165, 1.54) is 11.3 Å². The minimum atomic E-state index is -0.240. The van der Waals surface area contributed by atoms with Gasteiger partial charge in [0.1, 0.15) is 10.8 Å². The molecule has 122 valence electrons. The summed E-state index contributed by atoms with van der Waals surface area (Å²) in [4.78, 5) is 12.1. The number of hydrogen-bond donors (Lipinski definition) is 1. The highest BCUT2D eigenvalue weighted by Crippen LogP contribution is 2.21. The number of nitrogens with zero attached hydrogens (tertiary/aromatic N) is 2. The molecule has 0 aliphatic rings. The van der Waals surface area contributed by atoms with Gasteiger partial charge in [0.25, 0.3) is 5.91 Å². The molecule has 5 nitrogen and oxygen atoms in total. The van der Waals surface area contributed by atoms with Crippen molar-refractivity contribution in [3.8, 4) is 5.75 Å². The van der Waals surface area contributed by atoms with Crippen molar-refractivity contribution < 1.29 is 9.53 Å². The number of carbonyl (C=O) groups is 1. The molecule has 0 aliphatic carbocycles. The number of amides is 1. The number of anilines is 1. The summed E-state index contributed by atoms with van der Waals surface area (Å²) < 4.78 is 5.21. The van der Waals surface area contributed by atoms with Crippen LogP contribution in [0.25, 0.3) is 0 Å². The van der Waals surface area contributed by atoms with Crippen molar-refractivity contribution >= 4 is 34.0 Å². The summed E-state index contributed by atoms with van der Waals surface area (Å²) in [5.41, 5.74) is 1.59. The van der Waals surface area contributed by atoms with E-state index in [0.717, 1.165) is 16.3 Å². The van der Waals surface area contributed by atoms with E-state index in [9.17, 15) is 4.79 Å². The molecule has 1 heterocycles. The average molecular weight is 360 g/mol. The second-order valence-corrected chi connectivity index (χ2v) is 6.49. The van der Waals surface area contributed by atoms with Crippen molar-refractivity contribution in [2.24, 2.45) is 0 Å². The summed E-state index contributed by atoms with van der Waals surface area (Å²) in [6.45, 7) is 0. The minimum Gasteiger partial charge on any atom is -0.497 e. The third kappa shape index (κ3) is 4.10. The van der Waals surface area contributed by atoms with E-state index in [0.29, 0.717) is 22.1 Å². The van der Waals surface area contributed by atoms with Gasteiger partial charge in [0.05, 0.1) is 7.11 Å². The molecule has 1 aromatic heterocycles. The van der Waals surface area contributed by atoms with E-state index >= 15 is 0 Å². The van der Waals surface area contributed by atoms with Gasteiger partial charge in [-0.2, -0.15) is 0 Å². The lowest BCUT2D eigenvalue weighted by molar-refractivity contribution is 0.102. The lowest BCUT2D eigenvalue weighted by Crippen LogP contribution is -2.11. The Kier molecular flexibility index (Phi) is 5.08. The van der Waals surface area contributed by atoms with Crippen LogP contribution >= 0.6 is 22.9 Å². The zero-order valence-corrected chi connectivity index (χ0v) is 14.4. The topological polar surface area (TPSA) is 64.1 Å². The Morgan fingerprint density at radius 2 is 2.00 bits per heavy atom. The maximum Gasteiger partial charge on any atom is 0.257 e. The van der Waals surface area contributed by atoms with Gasteiger partial charge in [-0.1, -0.05) is 35.1 Å². The summed E-state index contributed by atoms with van der Waals surface area (Å²) in [7, 11) is 1.63. The first kappa shape index (κ1) is 16.4. The van der Waals surface area contributed by atoms with Crippen molar-refractivity contribution in [3.63, 3.8) is 0 Å². The van der Waals surface area contributed by atoms with E-state index in [1.807, 2.05) is 24.3 Å². The van der Waals surface area contributed by atoms with Crippen LogP contribution in [0.4, 0.5) is 5.13 Å². The fraction of sp³-hybridized carbons (Fsp3) is 0.118. The molecule has 0 unspecified atom stereocenters. The molecule has 0 radical (unpaired) electrons. The quantitative estimate of drug-likeness (QED) is 0.746. The van der Waals surface area contributed by atoms with Crippen molar-refractivity contribution in [2.75, 3.05) is 12.4 Å². The van der Waals surface area contributed by atoms with Crippen molar-refractivity contribution in [1.82, 2.24) is 10.2 Å². The van der Waals surface area contributed by atoms with Crippen LogP contribution in [-0.4, -0.2) is 23.2 Å². The predicted octanol–water partition coefficient (Wildman–Crippen LogP) is 4.04. The molecule has 3 aromatic rings. The number of hydrogen-bond acceptors (Lipinski definition) is 5. The van der Waals surface area contributed by atoms with E-state index < -0.39 is 0 Å². The number of nitrogens with one attached hydrogen (secondary N) is 1. The van der Waals surface area contributed by atoms with Gasteiger partial charge in [0.15, 0.2) is 0 Å². The molecule has 2 aromatic carbocycles. The Morgan fingerprint density at radius 3 is 2.75 bits per heavy atom. The van der Waals surface area contributed by atoms with Gasteiger partial charge >= 0.3 is 0 Å². The first-order valence-electron chi connectivity index (χ1n) is 7.16. The molecule has 0 saturated heterocycles. The number of methoxy groups -OCH3 is 1. The summed E-state index contributed by atoms with van der Waals surface area (Å²) in [5.74, 6) is 0.559. The third-order valence-corrected chi connectivity index (χ3v) is 4.37. The predicted molar refractivity (Wildman–Crippen MR) is 95.1 cm³/mol. The molecule has 0 fully saturated rings. The van der Waals surface area contributed by atoms with Gasteiger partial charge in [0, 0.05) is 17.0 Å². The molecule has 0 spiro atoms. The molecule has 0 aliphatic heterocycles. The maximum atomic E-state index is 12.1. The van der Waals surface area contributed by atoms with Crippen LogP contribution in [0, 0.1) is 0 Å². The van der Waals surface area contributed by atoms with Crippen LogP contribution < -0.4 is 10.1 Å². The highest BCUT2D eigenvalue weighted by Gasteiger charge is 2.11. The van der Waals surface area contributed by atoms with Crippen LogP contribution in [0.5, 0.6) is 5.75 Å². The summed E-state index contributed by atoms with van der Waals surface area (Å²) >= 11 is 7.16. The number of ether oxygens (including phenoxy) is 1. The average Bonchev–Trinajstić information content (AvgIpc) is 3.02. The molecular weight excluding hydrogens is 346 g/mol. The van der Waals surface area contributed by atoms with Crippen molar-refractivity contribution in [1.29, 1.82) is 0 Å². The second-order valence-electron chi connectivity index (χ2n) is 4.99. The molecule has 0 bridgehead atoms. The van der Waals surface area contributed by atoms with Gasteiger partial charge in [-0.25, -0.2) is 0 Å². The number of benzene rings is 2. The van der Waals surface area contributed by atoms with Crippen LogP contribution in [0.3, 0.4) is 0 Å². The summed E-state index contributed by atoms with van der Waals surface area (Å²) in [6.07, 6.45) is 0.631. The van der Waals surface area contributed by atoms with Gasteiger partial charge in [-0.3, -0.25) is 10.1 Å². The van der Waals surface area contributed by atoms with Crippen LogP contribution in [0.15, 0.2) is 48.5 Å². The minimum absolute atomic E-state index is 0.240. The zero-order chi connectivity index (χ0) is 16.9. The number of carbonyl (C=O) groups excluding carboxylic acids is 1. The van der Waals surface area contributed by atoms with Crippen LogP contribution in [0.1, 0.15) is 20.9 Å². The molecular formula is C17H14ClN3O2S. The molecule has 3 rings (SSSR count). The van der Waals surface area contributed by atoms with Gasteiger partial charge in [-0.05, 0) is 42.0 Å². The van der Waals surface area contributed by atoms with Crippen LogP contribution in [-0.2, 0) is 6.42 Å². The number of rotatable bonds is 5. The van der Waals surface area contributed by atoms with Crippen LogP contribution in [0.2, 0.25) is 5.02 Å². The number of aromatic nitrogens is 2. The van der Waals surface area contributed by atoms with Gasteiger partial charge in [-0.15, -0.1) is 10.2 Å². The molecule has 0 atom stereocenters. The molecule has 1 N–H and O–H groups in total. The Balaban J connectivity index is 1.66. The van der Waals surface area contributed by atoms with Crippen molar-refractivity contribution in [3.05, 3.63) is 69.7 Å². The first-order chi connectivity index (χ1) is 11.6. The Bertz CT molecular complexity index is 849. The third-order valence-electron chi connectivity index (χ3n) is 3.28. The monoisotopic (exact) mass is 359 g/mol. The molecule has 7 heteroatoms. The van der Waals surface area contributed by atoms with Gasteiger partial charge in [0.2, 0.25) is 5.13 Å². The highest BCUT2D eigenvalue weighted by atomic mass is 35.5.